The number of carbonyl (C=O) groups is 2. The van der Waals surface area contributed by atoms with Gasteiger partial charge in [-0.05, 0) is 67.5 Å². The van der Waals surface area contributed by atoms with Crippen LogP contribution in [0.15, 0.2) is 60.7 Å². The van der Waals surface area contributed by atoms with E-state index >= 15 is 0 Å². The van der Waals surface area contributed by atoms with Crippen LogP contribution in [0.5, 0.6) is 0 Å². The van der Waals surface area contributed by atoms with E-state index < -0.39 is 5.91 Å². The van der Waals surface area contributed by atoms with Crippen molar-refractivity contribution in [2.24, 2.45) is 0 Å². The van der Waals surface area contributed by atoms with Crippen LogP contribution in [-0.2, 0) is 4.79 Å². The quantitative estimate of drug-likeness (QED) is 0.297. The van der Waals surface area contributed by atoms with Crippen LogP contribution in [0.1, 0.15) is 35.3 Å². The Kier molecular flexibility index (Phi) is 7.17. The van der Waals surface area contributed by atoms with Crippen LogP contribution >= 0.6 is 0 Å². The third kappa shape index (κ3) is 5.89. The molecule has 2 atom stereocenters. The number of rotatable bonds is 6. The summed E-state index contributed by atoms with van der Waals surface area (Å²) in [4.78, 5) is 26.0. The number of ketones is 1. The Labute approximate surface area is 176 Å². The second kappa shape index (κ2) is 10.0. The molecule has 0 aliphatic carbocycles. The zero-order valence-electron chi connectivity index (χ0n) is 17.2. The molecule has 6 nitrogen and oxygen atoms in total. The van der Waals surface area contributed by atoms with Crippen molar-refractivity contribution in [2.75, 3.05) is 18.0 Å². The molecule has 0 unspecified atom stereocenters. The van der Waals surface area contributed by atoms with Gasteiger partial charge in [-0.1, -0.05) is 24.3 Å². The van der Waals surface area contributed by atoms with Gasteiger partial charge in [0.05, 0.1) is 0 Å². The van der Waals surface area contributed by atoms with E-state index in [1.165, 1.54) is 6.08 Å². The predicted octanol–water partition coefficient (Wildman–Crippen LogP) is 3.29. The lowest BCUT2D eigenvalue weighted by atomic mass is 10.1. The fraction of sp³-hybridized carbons (Fsp3) is 0.250. The molecule has 1 aliphatic heterocycles. The number of amides is 1. The molecule has 1 aliphatic rings. The summed E-state index contributed by atoms with van der Waals surface area (Å²) < 4.78 is 0. The molecule has 1 saturated heterocycles. The van der Waals surface area contributed by atoms with Crippen LogP contribution in [0.3, 0.4) is 0 Å². The van der Waals surface area contributed by atoms with Crippen molar-refractivity contribution in [3.63, 3.8) is 0 Å². The Bertz CT molecular complexity index is 940. The van der Waals surface area contributed by atoms with Crippen molar-refractivity contribution >= 4 is 29.5 Å². The molecule has 0 saturated carbocycles. The second-order valence-electron chi connectivity index (χ2n) is 7.60. The molecule has 0 aromatic heterocycles. The summed E-state index contributed by atoms with van der Waals surface area (Å²) in [6, 6.07) is 16.0. The van der Waals surface area contributed by atoms with Gasteiger partial charge in [-0.2, -0.15) is 0 Å². The molecule has 1 amide bonds. The lowest BCUT2D eigenvalue weighted by Gasteiger charge is -2.37. The van der Waals surface area contributed by atoms with Gasteiger partial charge in [0.2, 0.25) is 0 Å². The first-order chi connectivity index (χ1) is 14.4. The Hall–Kier alpha value is -3.22. The number of piperazine rings is 1. The lowest BCUT2D eigenvalue weighted by Crippen LogP contribution is -2.54. The Morgan fingerprint density at radius 2 is 1.60 bits per heavy atom. The molecule has 1 heterocycles. The number of carbonyl (C=O) groups excluding carboxylic acids is 2. The van der Waals surface area contributed by atoms with Crippen molar-refractivity contribution in [3.05, 3.63) is 77.4 Å². The molecular weight excluding hydrogens is 378 g/mol. The van der Waals surface area contributed by atoms with Gasteiger partial charge in [0.25, 0.3) is 5.91 Å². The first-order valence-electron chi connectivity index (χ1n) is 10.0. The minimum Gasteiger partial charge on any atom is -0.368 e. The summed E-state index contributed by atoms with van der Waals surface area (Å²) in [7, 11) is 0. The maximum Gasteiger partial charge on any atom is 0.267 e. The third-order valence-corrected chi connectivity index (χ3v) is 4.95. The average Bonchev–Trinajstić information content (AvgIpc) is 2.75. The predicted molar refractivity (Wildman–Crippen MR) is 119 cm³/mol. The minimum absolute atomic E-state index is 0.0656. The molecule has 30 heavy (non-hydrogen) atoms. The maximum atomic E-state index is 12.5. The molecule has 3 rings (SSSR count). The van der Waals surface area contributed by atoms with Crippen molar-refractivity contribution in [1.29, 1.82) is 0 Å². The maximum absolute atomic E-state index is 12.5. The van der Waals surface area contributed by atoms with Crippen molar-refractivity contribution in [2.45, 2.75) is 25.9 Å². The van der Waals surface area contributed by atoms with Crippen LogP contribution < -0.4 is 15.7 Å². The monoisotopic (exact) mass is 405 g/mol. The van der Waals surface area contributed by atoms with Gasteiger partial charge in [-0.25, -0.2) is 5.48 Å². The van der Waals surface area contributed by atoms with Gasteiger partial charge in [0, 0.05) is 42.5 Å². The molecule has 0 radical (unpaired) electrons. The highest BCUT2D eigenvalue weighted by Gasteiger charge is 2.21. The van der Waals surface area contributed by atoms with E-state index in [-0.39, 0.29) is 5.78 Å². The molecule has 0 spiro atoms. The molecule has 2 aromatic carbocycles. The van der Waals surface area contributed by atoms with Gasteiger partial charge in [0.1, 0.15) is 0 Å². The number of anilines is 1. The molecule has 2 aromatic rings. The number of benzene rings is 2. The highest BCUT2D eigenvalue weighted by atomic mass is 16.5. The van der Waals surface area contributed by atoms with Crippen LogP contribution in [0.25, 0.3) is 12.2 Å². The van der Waals surface area contributed by atoms with Gasteiger partial charge in [-0.3, -0.25) is 14.8 Å². The Morgan fingerprint density at radius 1 is 1.00 bits per heavy atom. The van der Waals surface area contributed by atoms with Crippen LogP contribution in [0.4, 0.5) is 5.69 Å². The highest BCUT2D eigenvalue weighted by molar-refractivity contribution is 6.07. The second-order valence-corrected chi connectivity index (χ2v) is 7.60. The first kappa shape index (κ1) is 21.5. The number of allylic oxidation sites excluding steroid dienone is 1. The van der Waals surface area contributed by atoms with Crippen LogP contribution in [0, 0.1) is 0 Å². The molecule has 1 fully saturated rings. The molecular formula is C24H27N3O3. The first-order valence-corrected chi connectivity index (χ1v) is 10.0. The van der Waals surface area contributed by atoms with E-state index in [9.17, 15) is 9.59 Å². The third-order valence-electron chi connectivity index (χ3n) is 4.95. The summed E-state index contributed by atoms with van der Waals surface area (Å²) in [6.07, 6.45) is 6.11. The minimum atomic E-state index is -0.598. The summed E-state index contributed by atoms with van der Waals surface area (Å²) >= 11 is 0. The number of hydrogen-bond donors (Lipinski definition) is 3. The van der Waals surface area contributed by atoms with E-state index in [4.69, 9.17) is 5.21 Å². The van der Waals surface area contributed by atoms with Crippen molar-refractivity contribution in [1.82, 2.24) is 10.8 Å². The summed E-state index contributed by atoms with van der Waals surface area (Å²) in [6.45, 7) is 6.25. The zero-order chi connectivity index (χ0) is 21.5. The summed E-state index contributed by atoms with van der Waals surface area (Å²) in [5.41, 5.74) is 4.95. The fourth-order valence-electron chi connectivity index (χ4n) is 3.62. The Morgan fingerprint density at radius 3 is 2.20 bits per heavy atom. The summed E-state index contributed by atoms with van der Waals surface area (Å²) in [5.74, 6) is -0.663. The van der Waals surface area contributed by atoms with Crippen molar-refractivity contribution in [3.8, 4) is 0 Å². The highest BCUT2D eigenvalue weighted by Crippen LogP contribution is 2.19. The van der Waals surface area contributed by atoms with Crippen LogP contribution in [0.2, 0.25) is 0 Å². The number of nitrogens with zero attached hydrogens (tertiary/aromatic N) is 1. The van der Waals surface area contributed by atoms with Gasteiger partial charge in [-0.15, -0.1) is 0 Å². The molecule has 0 bridgehead atoms. The zero-order valence-corrected chi connectivity index (χ0v) is 17.2. The normalized spacial score (nSPS) is 19.4. The smallest absolute Gasteiger partial charge is 0.267 e. The van der Waals surface area contributed by atoms with Gasteiger partial charge >= 0.3 is 0 Å². The largest absolute Gasteiger partial charge is 0.368 e. The topological polar surface area (TPSA) is 81.7 Å². The van der Waals surface area contributed by atoms with E-state index in [0.717, 1.165) is 29.9 Å². The number of hydroxylamine groups is 1. The SMILES string of the molecule is C[C@@H]1CN(c2ccc(C(=O)/C=C/c3cccc(/C=C/C(=O)NO)c3)cc2)C[C@H](C)N1. The van der Waals surface area contributed by atoms with Gasteiger partial charge < -0.3 is 10.2 Å². The average molecular weight is 405 g/mol. The summed E-state index contributed by atoms with van der Waals surface area (Å²) in [5, 5.41) is 12.1. The molecule has 3 N–H and O–H groups in total. The Balaban J connectivity index is 1.65. The van der Waals surface area contributed by atoms with Crippen LogP contribution in [-0.4, -0.2) is 42.1 Å². The number of hydrogen-bond acceptors (Lipinski definition) is 5. The van der Waals surface area contributed by atoms with E-state index in [2.05, 4.69) is 24.1 Å². The van der Waals surface area contributed by atoms with E-state index in [0.29, 0.717) is 17.6 Å². The van der Waals surface area contributed by atoms with Crippen molar-refractivity contribution < 1.29 is 14.8 Å². The molecule has 6 heteroatoms. The van der Waals surface area contributed by atoms with E-state index in [1.54, 1.807) is 23.7 Å². The van der Waals surface area contributed by atoms with E-state index in [1.807, 2.05) is 48.5 Å². The lowest BCUT2D eigenvalue weighted by molar-refractivity contribution is -0.124. The fourth-order valence-corrected chi connectivity index (χ4v) is 3.62. The van der Waals surface area contributed by atoms with Gasteiger partial charge in [0.15, 0.2) is 5.78 Å². The molecule has 156 valence electrons. The number of nitrogens with one attached hydrogen (secondary N) is 2. The standard InChI is InChI=1S/C24H27N3O3/c1-17-15-27(16-18(2)25-17)22-10-8-21(9-11-22)23(28)12-6-19-4-3-5-20(14-19)7-13-24(29)26-30/h3-14,17-18,25,30H,15-16H2,1-2H3,(H,26,29)/b12-6+,13-7+/t17-,18+.